The van der Waals surface area contributed by atoms with Crippen LogP contribution in [-0.4, -0.2) is 47.9 Å². The monoisotopic (exact) mass is 482 g/mol. The highest BCUT2D eigenvalue weighted by Crippen LogP contribution is 2.26. The van der Waals surface area contributed by atoms with E-state index in [1.807, 2.05) is 24.4 Å². The van der Waals surface area contributed by atoms with E-state index in [0.29, 0.717) is 39.2 Å². The van der Waals surface area contributed by atoms with Crippen LogP contribution in [0.5, 0.6) is 0 Å². The van der Waals surface area contributed by atoms with E-state index in [-0.39, 0.29) is 18.2 Å². The molecule has 0 spiro atoms. The number of hydrogen-bond acceptors (Lipinski definition) is 8. The molecule has 8 nitrogen and oxygen atoms in total. The molecule has 156 valence electrons. The number of amides is 1. The summed E-state index contributed by atoms with van der Waals surface area (Å²) in [4.78, 5) is 15.4. The maximum absolute atomic E-state index is 12.8. The van der Waals surface area contributed by atoms with E-state index in [0.717, 1.165) is 11.3 Å². The zero-order chi connectivity index (χ0) is 21.1. The topological polar surface area (TPSA) is 89.4 Å². The van der Waals surface area contributed by atoms with Crippen molar-refractivity contribution in [2.75, 3.05) is 12.3 Å². The minimum atomic E-state index is -0.0670. The summed E-state index contributed by atoms with van der Waals surface area (Å²) in [5, 5.41) is 19.7. The van der Waals surface area contributed by atoms with Gasteiger partial charge in [0.05, 0.1) is 27.2 Å². The Morgan fingerprint density at radius 3 is 2.93 bits per heavy atom. The number of thiophene rings is 1. The molecule has 0 N–H and O–H groups in total. The predicted octanol–water partition coefficient (Wildman–Crippen LogP) is 4.68. The van der Waals surface area contributed by atoms with Gasteiger partial charge < -0.3 is 9.32 Å². The molecule has 0 fully saturated rings. The first-order valence-corrected chi connectivity index (χ1v) is 11.6. The molecule has 12 heteroatoms. The van der Waals surface area contributed by atoms with Gasteiger partial charge >= 0.3 is 0 Å². The minimum absolute atomic E-state index is 0.0670. The molecule has 4 heterocycles. The van der Waals surface area contributed by atoms with Crippen LogP contribution < -0.4 is 0 Å². The Morgan fingerprint density at radius 1 is 1.30 bits per heavy atom. The second kappa shape index (κ2) is 9.34. The quantitative estimate of drug-likeness (QED) is 0.336. The zero-order valence-electron chi connectivity index (χ0n) is 15.8. The first kappa shape index (κ1) is 21.1. The molecule has 4 rings (SSSR count). The summed E-state index contributed by atoms with van der Waals surface area (Å²) < 4.78 is 7.40. The van der Waals surface area contributed by atoms with Crippen molar-refractivity contribution >= 4 is 57.9 Å². The second-order valence-electron chi connectivity index (χ2n) is 6.26. The lowest BCUT2D eigenvalue weighted by Gasteiger charge is -2.19. The van der Waals surface area contributed by atoms with Crippen molar-refractivity contribution in [2.24, 2.45) is 0 Å². The Kier molecular flexibility index (Phi) is 6.57. The van der Waals surface area contributed by atoms with Gasteiger partial charge in [0, 0.05) is 12.7 Å². The third-order valence-corrected chi connectivity index (χ3v) is 6.36. The second-order valence-corrected chi connectivity index (χ2v) is 9.00. The number of rotatable bonds is 8. The predicted molar refractivity (Wildman–Crippen MR) is 117 cm³/mol. The number of carbonyl (C=O) groups excluding carboxylic acids is 1. The molecule has 4 aromatic rings. The number of hydrogen-bond donors (Lipinski definition) is 0. The first-order valence-electron chi connectivity index (χ1n) is 9.01. The standard InChI is InChI=1S/C18H16Cl2N6O2S2/c1-2-5-25(9-14-21-23-17(28-14)13-4-3-6-29-13)15(27)10-30-18-24-22-16-12(20)7-11(19)8-26(16)18/h3-4,6-8H,2,5,9-10H2,1H3. The van der Waals surface area contributed by atoms with Crippen molar-refractivity contribution in [1.82, 2.24) is 29.7 Å². The van der Waals surface area contributed by atoms with Crippen molar-refractivity contribution in [1.29, 1.82) is 0 Å². The van der Waals surface area contributed by atoms with Crippen LogP contribution in [0.3, 0.4) is 0 Å². The largest absolute Gasteiger partial charge is 0.418 e. The summed E-state index contributed by atoms with van der Waals surface area (Å²) in [7, 11) is 0. The van der Waals surface area contributed by atoms with Crippen LogP contribution in [0, 0.1) is 0 Å². The van der Waals surface area contributed by atoms with Crippen LogP contribution in [0.15, 0.2) is 39.3 Å². The molecule has 4 aromatic heterocycles. The number of halogens is 2. The van der Waals surface area contributed by atoms with Gasteiger partial charge in [-0.3, -0.25) is 9.20 Å². The van der Waals surface area contributed by atoms with Gasteiger partial charge in [0.15, 0.2) is 10.8 Å². The summed E-state index contributed by atoms with van der Waals surface area (Å²) in [5.74, 6) is 0.970. The van der Waals surface area contributed by atoms with E-state index in [1.54, 1.807) is 21.6 Å². The van der Waals surface area contributed by atoms with Gasteiger partial charge in [-0.1, -0.05) is 48.0 Å². The molecule has 30 heavy (non-hydrogen) atoms. The minimum Gasteiger partial charge on any atom is -0.418 e. The first-order chi connectivity index (χ1) is 14.5. The maximum atomic E-state index is 12.8. The summed E-state index contributed by atoms with van der Waals surface area (Å²) in [6, 6.07) is 5.43. The Balaban J connectivity index is 1.44. The molecule has 0 unspecified atom stereocenters. The van der Waals surface area contributed by atoms with Gasteiger partial charge in [0.1, 0.15) is 0 Å². The highest BCUT2D eigenvalue weighted by molar-refractivity contribution is 7.99. The van der Waals surface area contributed by atoms with Crippen LogP contribution in [0.2, 0.25) is 10.0 Å². The molecule has 0 aliphatic rings. The highest BCUT2D eigenvalue weighted by atomic mass is 35.5. The van der Waals surface area contributed by atoms with E-state index in [9.17, 15) is 4.79 Å². The normalized spacial score (nSPS) is 11.3. The molecule has 0 bridgehead atoms. The van der Waals surface area contributed by atoms with Crippen LogP contribution in [0.25, 0.3) is 16.4 Å². The third kappa shape index (κ3) is 4.61. The van der Waals surface area contributed by atoms with Gasteiger partial charge in [0.2, 0.25) is 11.8 Å². The van der Waals surface area contributed by atoms with Crippen molar-refractivity contribution in [2.45, 2.75) is 25.0 Å². The Morgan fingerprint density at radius 2 is 2.17 bits per heavy atom. The lowest BCUT2D eigenvalue weighted by Crippen LogP contribution is -2.32. The Hall–Kier alpha value is -2.14. The van der Waals surface area contributed by atoms with Crippen LogP contribution in [-0.2, 0) is 11.3 Å². The number of thioether (sulfide) groups is 1. The fraction of sp³-hybridized carbons (Fsp3) is 0.278. The molecule has 0 aliphatic carbocycles. The summed E-state index contributed by atoms with van der Waals surface area (Å²) in [5.41, 5.74) is 0.494. The smallest absolute Gasteiger partial charge is 0.257 e. The van der Waals surface area contributed by atoms with E-state index < -0.39 is 0 Å². The van der Waals surface area contributed by atoms with Gasteiger partial charge in [0.25, 0.3) is 5.89 Å². The third-order valence-electron chi connectivity index (χ3n) is 4.09. The van der Waals surface area contributed by atoms with Gasteiger partial charge in [-0.25, -0.2) is 0 Å². The molecular formula is C18H16Cl2N6O2S2. The number of aromatic nitrogens is 5. The molecule has 0 saturated heterocycles. The van der Waals surface area contributed by atoms with E-state index >= 15 is 0 Å². The fourth-order valence-corrected chi connectivity index (χ4v) is 4.73. The van der Waals surface area contributed by atoms with Crippen molar-refractivity contribution in [3.63, 3.8) is 0 Å². The summed E-state index contributed by atoms with van der Waals surface area (Å²) in [6.45, 7) is 2.84. The number of fused-ring (bicyclic) bond motifs is 1. The average Bonchev–Trinajstić information content (AvgIpc) is 3.46. The van der Waals surface area contributed by atoms with Crippen molar-refractivity contribution in [3.05, 3.63) is 45.7 Å². The maximum Gasteiger partial charge on any atom is 0.257 e. The van der Waals surface area contributed by atoms with E-state index in [1.165, 1.54) is 23.1 Å². The van der Waals surface area contributed by atoms with E-state index in [4.69, 9.17) is 27.6 Å². The molecule has 1 amide bonds. The van der Waals surface area contributed by atoms with Crippen molar-refractivity contribution in [3.8, 4) is 10.8 Å². The fourth-order valence-electron chi connectivity index (χ4n) is 2.76. The zero-order valence-corrected chi connectivity index (χ0v) is 18.9. The van der Waals surface area contributed by atoms with Crippen molar-refractivity contribution < 1.29 is 9.21 Å². The lowest BCUT2D eigenvalue weighted by atomic mass is 10.4. The SMILES string of the molecule is CCCN(Cc1nnc(-c2cccs2)o1)C(=O)CSc1nnc2c(Cl)cc(Cl)cn12. The average molecular weight is 483 g/mol. The molecule has 0 radical (unpaired) electrons. The highest BCUT2D eigenvalue weighted by Gasteiger charge is 2.19. The van der Waals surface area contributed by atoms with Gasteiger partial charge in [-0.2, -0.15) is 0 Å². The number of pyridine rings is 1. The molecule has 0 aliphatic heterocycles. The molecular weight excluding hydrogens is 467 g/mol. The summed E-state index contributed by atoms with van der Waals surface area (Å²) >= 11 is 15.0. The molecule has 0 atom stereocenters. The molecule has 0 aromatic carbocycles. The number of carbonyl (C=O) groups is 1. The Bertz CT molecular complexity index is 1160. The lowest BCUT2D eigenvalue weighted by molar-refractivity contribution is -0.129. The van der Waals surface area contributed by atoms with Gasteiger partial charge in [-0.15, -0.1) is 31.7 Å². The number of nitrogens with zero attached hydrogens (tertiary/aromatic N) is 6. The van der Waals surface area contributed by atoms with Crippen LogP contribution >= 0.6 is 46.3 Å². The van der Waals surface area contributed by atoms with Gasteiger partial charge in [-0.05, 0) is 23.9 Å². The van der Waals surface area contributed by atoms with Crippen LogP contribution in [0.1, 0.15) is 19.2 Å². The summed E-state index contributed by atoms with van der Waals surface area (Å²) in [6.07, 6.45) is 2.48. The van der Waals surface area contributed by atoms with E-state index in [2.05, 4.69) is 20.4 Å². The Labute approximate surface area is 190 Å². The van der Waals surface area contributed by atoms with Crippen LogP contribution in [0.4, 0.5) is 0 Å². The molecule has 0 saturated carbocycles.